The summed E-state index contributed by atoms with van der Waals surface area (Å²) in [6.07, 6.45) is 3.48. The fraction of sp³-hybridized carbons (Fsp3) is 0.333. The molecule has 0 saturated carbocycles. The number of anilines is 2. The van der Waals surface area contributed by atoms with Crippen LogP contribution in [0.4, 0.5) is 10.7 Å². The zero-order chi connectivity index (χ0) is 15.4. The summed E-state index contributed by atoms with van der Waals surface area (Å²) in [6.45, 7) is 4.34. The van der Waals surface area contributed by atoms with Crippen molar-refractivity contribution in [3.05, 3.63) is 35.0 Å². The number of carbonyl (C=O) groups is 1. The van der Waals surface area contributed by atoms with Gasteiger partial charge in [-0.25, -0.2) is 0 Å². The number of hydrogen-bond donors (Lipinski definition) is 2. The SMILES string of the molecule is COc1c(NCc2ccncc2)sc(C(=O)C(C)C)c1N. The minimum absolute atomic E-state index is 0.0350. The lowest BCUT2D eigenvalue weighted by molar-refractivity contribution is 0.0944. The van der Waals surface area contributed by atoms with Crippen LogP contribution in [0, 0.1) is 5.92 Å². The Labute approximate surface area is 128 Å². The van der Waals surface area contributed by atoms with Gasteiger partial charge in [0.05, 0.1) is 17.7 Å². The summed E-state index contributed by atoms with van der Waals surface area (Å²) in [7, 11) is 1.56. The van der Waals surface area contributed by atoms with E-state index in [-0.39, 0.29) is 11.7 Å². The molecule has 0 aliphatic heterocycles. The van der Waals surface area contributed by atoms with E-state index in [9.17, 15) is 4.79 Å². The number of rotatable bonds is 6. The molecule has 0 atom stereocenters. The molecule has 2 heterocycles. The van der Waals surface area contributed by atoms with Crippen molar-refractivity contribution in [1.29, 1.82) is 0 Å². The van der Waals surface area contributed by atoms with E-state index in [2.05, 4.69) is 10.3 Å². The molecule has 0 aliphatic carbocycles. The summed E-state index contributed by atoms with van der Waals surface area (Å²) in [4.78, 5) is 16.7. The van der Waals surface area contributed by atoms with Gasteiger partial charge < -0.3 is 15.8 Å². The molecule has 21 heavy (non-hydrogen) atoms. The third kappa shape index (κ3) is 3.33. The Kier molecular flexibility index (Phi) is 4.80. The van der Waals surface area contributed by atoms with E-state index in [1.807, 2.05) is 26.0 Å². The van der Waals surface area contributed by atoms with E-state index in [4.69, 9.17) is 10.5 Å². The molecule has 0 aromatic carbocycles. The number of ether oxygens (including phenoxy) is 1. The van der Waals surface area contributed by atoms with E-state index in [1.54, 1.807) is 19.5 Å². The average Bonchev–Trinajstić information content (AvgIpc) is 2.81. The molecular formula is C15H19N3O2S. The lowest BCUT2D eigenvalue weighted by atomic mass is 10.1. The summed E-state index contributed by atoms with van der Waals surface area (Å²) in [5, 5.41) is 4.04. The first-order valence-corrected chi connectivity index (χ1v) is 7.49. The third-order valence-electron chi connectivity index (χ3n) is 3.05. The Morgan fingerprint density at radius 2 is 2.10 bits per heavy atom. The number of carbonyl (C=O) groups excluding carboxylic acids is 1. The highest BCUT2D eigenvalue weighted by molar-refractivity contribution is 7.19. The molecule has 112 valence electrons. The Morgan fingerprint density at radius 1 is 1.43 bits per heavy atom. The van der Waals surface area contributed by atoms with E-state index in [1.165, 1.54) is 11.3 Å². The van der Waals surface area contributed by atoms with E-state index in [0.717, 1.165) is 10.6 Å². The second-order valence-corrected chi connectivity index (χ2v) is 5.96. The van der Waals surface area contributed by atoms with Crippen LogP contribution < -0.4 is 15.8 Å². The van der Waals surface area contributed by atoms with Crippen LogP contribution in [0.5, 0.6) is 5.75 Å². The number of methoxy groups -OCH3 is 1. The number of nitrogens with zero attached hydrogens (tertiary/aromatic N) is 1. The fourth-order valence-corrected chi connectivity index (χ4v) is 3.05. The maximum Gasteiger partial charge on any atom is 0.177 e. The number of nitrogens with one attached hydrogen (secondary N) is 1. The van der Waals surface area contributed by atoms with Crippen molar-refractivity contribution in [2.45, 2.75) is 20.4 Å². The van der Waals surface area contributed by atoms with Crippen LogP contribution >= 0.6 is 11.3 Å². The number of Topliss-reactive ketones (excluding diaryl/α,β-unsaturated/α-hetero) is 1. The predicted octanol–water partition coefficient (Wildman–Crippen LogP) is 3.18. The number of ketones is 1. The summed E-state index contributed by atoms with van der Waals surface area (Å²) < 4.78 is 5.33. The molecule has 2 aromatic heterocycles. The molecule has 6 heteroatoms. The van der Waals surface area contributed by atoms with Crippen LogP contribution in [0.1, 0.15) is 29.1 Å². The van der Waals surface area contributed by atoms with Crippen LogP contribution in [0.15, 0.2) is 24.5 Å². The monoisotopic (exact) mass is 305 g/mol. The molecule has 0 amide bonds. The van der Waals surface area contributed by atoms with Crippen molar-refractivity contribution in [2.24, 2.45) is 5.92 Å². The number of hydrogen-bond acceptors (Lipinski definition) is 6. The average molecular weight is 305 g/mol. The Hall–Kier alpha value is -2.08. The minimum atomic E-state index is -0.0938. The minimum Gasteiger partial charge on any atom is -0.492 e. The van der Waals surface area contributed by atoms with Crippen LogP contribution in [0.25, 0.3) is 0 Å². The van der Waals surface area contributed by atoms with E-state index >= 15 is 0 Å². The number of thiophene rings is 1. The fourth-order valence-electron chi connectivity index (χ4n) is 1.88. The Morgan fingerprint density at radius 3 is 2.67 bits per heavy atom. The topological polar surface area (TPSA) is 77.2 Å². The number of nitrogen functional groups attached to an aromatic ring is 1. The first-order valence-electron chi connectivity index (χ1n) is 6.67. The van der Waals surface area contributed by atoms with Gasteiger partial charge in [0.2, 0.25) is 0 Å². The zero-order valence-electron chi connectivity index (χ0n) is 12.3. The van der Waals surface area contributed by atoms with Gasteiger partial charge in [0.15, 0.2) is 11.5 Å². The maximum absolute atomic E-state index is 12.2. The van der Waals surface area contributed by atoms with Crippen molar-refractivity contribution in [3.63, 3.8) is 0 Å². The van der Waals surface area contributed by atoms with Gasteiger partial charge in [-0.2, -0.15) is 0 Å². The number of nitrogens with two attached hydrogens (primary N) is 1. The Balaban J connectivity index is 2.23. The summed E-state index contributed by atoms with van der Waals surface area (Å²) in [6, 6.07) is 3.85. The van der Waals surface area contributed by atoms with Gasteiger partial charge in [-0.3, -0.25) is 9.78 Å². The van der Waals surface area contributed by atoms with Crippen LogP contribution in [0.3, 0.4) is 0 Å². The second-order valence-electron chi connectivity index (χ2n) is 4.94. The second kappa shape index (κ2) is 6.58. The third-order valence-corrected chi connectivity index (χ3v) is 4.21. The summed E-state index contributed by atoms with van der Waals surface area (Å²) in [5.74, 6) is 0.481. The van der Waals surface area contributed by atoms with Gasteiger partial charge in [0, 0.05) is 24.9 Å². The van der Waals surface area contributed by atoms with Crippen molar-refractivity contribution in [1.82, 2.24) is 4.98 Å². The molecule has 3 N–H and O–H groups in total. The predicted molar refractivity (Wildman–Crippen MR) is 86.0 cm³/mol. The summed E-state index contributed by atoms with van der Waals surface area (Å²) >= 11 is 1.34. The van der Waals surface area contributed by atoms with Gasteiger partial charge in [0.1, 0.15) is 5.00 Å². The maximum atomic E-state index is 12.2. The van der Waals surface area contributed by atoms with Gasteiger partial charge in [-0.1, -0.05) is 13.8 Å². The van der Waals surface area contributed by atoms with Crippen molar-refractivity contribution < 1.29 is 9.53 Å². The molecule has 2 aromatic rings. The smallest absolute Gasteiger partial charge is 0.177 e. The summed E-state index contributed by atoms with van der Waals surface area (Å²) in [5.41, 5.74) is 7.55. The van der Waals surface area contributed by atoms with Gasteiger partial charge in [-0.15, -0.1) is 11.3 Å². The van der Waals surface area contributed by atoms with Crippen LogP contribution in [-0.4, -0.2) is 17.9 Å². The highest BCUT2D eigenvalue weighted by Gasteiger charge is 2.23. The molecule has 0 unspecified atom stereocenters. The molecule has 0 aliphatic rings. The standard InChI is InChI=1S/C15H19N3O2S/c1-9(2)12(19)14-11(16)13(20-3)15(21-14)18-8-10-4-6-17-7-5-10/h4-7,9,18H,8,16H2,1-3H3. The molecule has 0 fully saturated rings. The first-order chi connectivity index (χ1) is 10.0. The number of pyridine rings is 1. The normalized spacial score (nSPS) is 10.7. The van der Waals surface area contributed by atoms with Gasteiger partial charge in [0.25, 0.3) is 0 Å². The van der Waals surface area contributed by atoms with Crippen LogP contribution in [0.2, 0.25) is 0 Å². The molecule has 0 radical (unpaired) electrons. The van der Waals surface area contributed by atoms with Gasteiger partial charge in [-0.05, 0) is 17.7 Å². The quantitative estimate of drug-likeness (QED) is 0.801. The van der Waals surface area contributed by atoms with Crippen molar-refractivity contribution >= 4 is 27.8 Å². The molecule has 5 nitrogen and oxygen atoms in total. The molecule has 0 bridgehead atoms. The largest absolute Gasteiger partial charge is 0.492 e. The van der Waals surface area contributed by atoms with E-state index in [0.29, 0.717) is 22.9 Å². The number of aromatic nitrogens is 1. The molecule has 0 saturated heterocycles. The van der Waals surface area contributed by atoms with E-state index < -0.39 is 0 Å². The lowest BCUT2D eigenvalue weighted by Crippen LogP contribution is -2.07. The first kappa shape index (κ1) is 15.3. The molecule has 2 rings (SSSR count). The molecule has 0 spiro atoms. The lowest BCUT2D eigenvalue weighted by Gasteiger charge is -2.06. The van der Waals surface area contributed by atoms with Crippen molar-refractivity contribution in [3.8, 4) is 5.75 Å². The van der Waals surface area contributed by atoms with Gasteiger partial charge >= 0.3 is 0 Å². The van der Waals surface area contributed by atoms with Crippen molar-refractivity contribution in [2.75, 3.05) is 18.2 Å². The molecular weight excluding hydrogens is 286 g/mol. The zero-order valence-corrected chi connectivity index (χ0v) is 13.2. The highest BCUT2D eigenvalue weighted by atomic mass is 32.1. The Bertz CT molecular complexity index is 623. The van der Waals surface area contributed by atoms with Crippen LogP contribution in [-0.2, 0) is 6.54 Å². The highest BCUT2D eigenvalue weighted by Crippen LogP contribution is 2.43.